The standard InChI is InChI=1S/C18H24FN3O5/c1-4-22(9-15(23)24)12-7-11(8-12)20-18(26)21-14-6-5-13(19)16(10(14)2)17(25)27-3/h5-6,11-12H,4,7-9H2,1-3H3,(H,23,24)(H2,20,21,26). The highest BCUT2D eigenvalue weighted by Gasteiger charge is 2.34. The second-order valence-electron chi connectivity index (χ2n) is 6.46. The highest BCUT2D eigenvalue weighted by Crippen LogP contribution is 2.26. The topological polar surface area (TPSA) is 108 Å². The molecule has 0 aromatic heterocycles. The molecule has 148 valence electrons. The minimum atomic E-state index is -0.876. The average molecular weight is 381 g/mol. The molecule has 1 aliphatic rings. The van der Waals surface area contributed by atoms with E-state index >= 15 is 0 Å². The van der Waals surface area contributed by atoms with Gasteiger partial charge in [0.05, 0.1) is 13.7 Å². The van der Waals surface area contributed by atoms with E-state index in [1.54, 1.807) is 0 Å². The third-order valence-corrected chi connectivity index (χ3v) is 4.76. The Hall–Kier alpha value is -2.68. The number of benzene rings is 1. The number of likely N-dealkylation sites (N-methyl/N-ethyl adjacent to an activating group) is 1. The zero-order valence-electron chi connectivity index (χ0n) is 15.5. The third-order valence-electron chi connectivity index (χ3n) is 4.76. The molecule has 3 N–H and O–H groups in total. The molecule has 0 saturated heterocycles. The number of hydrogen-bond acceptors (Lipinski definition) is 5. The van der Waals surface area contributed by atoms with Gasteiger partial charge in [0.1, 0.15) is 11.4 Å². The summed E-state index contributed by atoms with van der Waals surface area (Å²) in [6.07, 6.45) is 1.31. The van der Waals surface area contributed by atoms with Crippen molar-refractivity contribution in [2.24, 2.45) is 0 Å². The number of carboxylic acids is 1. The minimum Gasteiger partial charge on any atom is -0.480 e. The fourth-order valence-electron chi connectivity index (χ4n) is 3.19. The molecule has 0 aliphatic heterocycles. The molecule has 1 aromatic carbocycles. The maximum atomic E-state index is 13.8. The Morgan fingerprint density at radius 3 is 2.56 bits per heavy atom. The van der Waals surface area contributed by atoms with Gasteiger partial charge in [-0.25, -0.2) is 14.0 Å². The normalized spacial score (nSPS) is 18.6. The molecule has 0 atom stereocenters. The predicted molar refractivity (Wildman–Crippen MR) is 96.3 cm³/mol. The maximum Gasteiger partial charge on any atom is 0.341 e. The van der Waals surface area contributed by atoms with Gasteiger partial charge in [-0.2, -0.15) is 0 Å². The highest BCUT2D eigenvalue weighted by atomic mass is 19.1. The van der Waals surface area contributed by atoms with Gasteiger partial charge in [0.25, 0.3) is 0 Å². The van der Waals surface area contributed by atoms with Crippen LogP contribution in [-0.4, -0.2) is 60.3 Å². The van der Waals surface area contributed by atoms with E-state index in [4.69, 9.17) is 5.11 Å². The van der Waals surface area contributed by atoms with Crippen LogP contribution in [0.4, 0.5) is 14.9 Å². The number of hydrogen-bond donors (Lipinski definition) is 3. The number of carbonyl (C=O) groups excluding carboxylic acids is 2. The second-order valence-corrected chi connectivity index (χ2v) is 6.46. The van der Waals surface area contributed by atoms with Crippen LogP contribution in [0, 0.1) is 12.7 Å². The lowest BCUT2D eigenvalue weighted by molar-refractivity contribution is -0.139. The van der Waals surface area contributed by atoms with Gasteiger partial charge in [-0.05, 0) is 44.0 Å². The molecule has 0 unspecified atom stereocenters. The predicted octanol–water partition coefficient (Wildman–Crippen LogP) is 1.98. The first-order valence-electron chi connectivity index (χ1n) is 8.67. The van der Waals surface area contributed by atoms with Crippen molar-refractivity contribution < 1.29 is 28.6 Å². The summed E-state index contributed by atoms with van der Waals surface area (Å²) in [7, 11) is 1.16. The summed E-state index contributed by atoms with van der Waals surface area (Å²) in [6, 6.07) is 2.06. The first-order valence-corrected chi connectivity index (χ1v) is 8.67. The van der Waals surface area contributed by atoms with E-state index in [0.29, 0.717) is 25.1 Å². The molecule has 0 heterocycles. The number of nitrogens with one attached hydrogen (secondary N) is 2. The van der Waals surface area contributed by atoms with Crippen molar-refractivity contribution >= 4 is 23.7 Å². The number of rotatable bonds is 7. The summed E-state index contributed by atoms with van der Waals surface area (Å²) in [4.78, 5) is 36.6. The van der Waals surface area contributed by atoms with Crippen molar-refractivity contribution in [1.82, 2.24) is 10.2 Å². The summed E-state index contributed by atoms with van der Waals surface area (Å²) in [5.41, 5.74) is 0.375. The monoisotopic (exact) mass is 381 g/mol. The molecule has 1 saturated carbocycles. The molecule has 2 rings (SSSR count). The molecular weight excluding hydrogens is 357 g/mol. The molecule has 1 aliphatic carbocycles. The molecule has 0 spiro atoms. The van der Waals surface area contributed by atoms with Gasteiger partial charge < -0.3 is 20.5 Å². The van der Waals surface area contributed by atoms with E-state index in [2.05, 4.69) is 15.4 Å². The van der Waals surface area contributed by atoms with Gasteiger partial charge in [0.2, 0.25) is 0 Å². The van der Waals surface area contributed by atoms with Crippen molar-refractivity contribution in [1.29, 1.82) is 0 Å². The summed E-state index contributed by atoms with van der Waals surface area (Å²) >= 11 is 0. The Bertz CT molecular complexity index is 734. The van der Waals surface area contributed by atoms with Crippen molar-refractivity contribution in [3.8, 4) is 0 Å². The van der Waals surface area contributed by atoms with Crippen LogP contribution in [-0.2, 0) is 9.53 Å². The van der Waals surface area contributed by atoms with Gasteiger partial charge in [-0.3, -0.25) is 9.69 Å². The van der Waals surface area contributed by atoms with Crippen LogP contribution >= 0.6 is 0 Å². The lowest BCUT2D eigenvalue weighted by Crippen LogP contribution is -2.55. The first kappa shape index (κ1) is 20.6. The smallest absolute Gasteiger partial charge is 0.341 e. The molecule has 0 radical (unpaired) electrons. The van der Waals surface area contributed by atoms with Gasteiger partial charge in [-0.1, -0.05) is 6.92 Å². The lowest BCUT2D eigenvalue weighted by Gasteiger charge is -2.42. The Kier molecular flexibility index (Phi) is 6.73. The van der Waals surface area contributed by atoms with Crippen LogP contribution in [0.25, 0.3) is 0 Å². The number of amides is 2. The molecule has 1 aromatic rings. The number of halogens is 1. The van der Waals surface area contributed by atoms with Crippen LogP contribution in [0.15, 0.2) is 12.1 Å². The number of methoxy groups -OCH3 is 1. The van der Waals surface area contributed by atoms with Crippen molar-refractivity contribution in [2.45, 2.75) is 38.8 Å². The molecule has 2 amide bonds. The maximum absolute atomic E-state index is 13.8. The van der Waals surface area contributed by atoms with Crippen LogP contribution in [0.1, 0.15) is 35.7 Å². The zero-order chi connectivity index (χ0) is 20.1. The number of aliphatic carboxylic acids is 1. The molecule has 27 heavy (non-hydrogen) atoms. The van der Waals surface area contributed by atoms with E-state index in [1.165, 1.54) is 13.0 Å². The molecule has 0 bridgehead atoms. The van der Waals surface area contributed by atoms with E-state index in [9.17, 15) is 18.8 Å². The number of ether oxygens (including phenoxy) is 1. The third kappa shape index (κ3) is 4.94. The van der Waals surface area contributed by atoms with Gasteiger partial charge in [0.15, 0.2) is 0 Å². The van der Waals surface area contributed by atoms with Crippen LogP contribution < -0.4 is 10.6 Å². The van der Waals surface area contributed by atoms with Crippen LogP contribution in [0.2, 0.25) is 0 Å². The molecule has 8 nitrogen and oxygen atoms in total. The fourth-order valence-corrected chi connectivity index (χ4v) is 3.19. The number of nitrogens with zero attached hydrogens (tertiary/aromatic N) is 1. The number of esters is 1. The van der Waals surface area contributed by atoms with Crippen LogP contribution in [0.5, 0.6) is 0 Å². The van der Waals surface area contributed by atoms with Crippen molar-refractivity contribution in [3.63, 3.8) is 0 Å². The second kappa shape index (κ2) is 8.81. The average Bonchev–Trinajstić information content (AvgIpc) is 2.58. The van der Waals surface area contributed by atoms with Crippen molar-refractivity contribution in [2.75, 3.05) is 25.5 Å². The number of carboxylic acid groups (broad SMARTS) is 1. The highest BCUT2D eigenvalue weighted by molar-refractivity contribution is 5.96. The van der Waals surface area contributed by atoms with Crippen LogP contribution in [0.3, 0.4) is 0 Å². The SMILES string of the molecule is CCN(CC(=O)O)C1CC(NC(=O)Nc2ccc(F)c(C(=O)OC)c2C)C1. The lowest BCUT2D eigenvalue weighted by atomic mass is 9.85. The van der Waals surface area contributed by atoms with E-state index in [-0.39, 0.29) is 29.8 Å². The molecular formula is C18H24FN3O5. The van der Waals surface area contributed by atoms with E-state index in [0.717, 1.165) is 13.2 Å². The Morgan fingerprint density at radius 2 is 2.00 bits per heavy atom. The number of urea groups is 1. The Labute approximate surface area is 156 Å². The summed E-state index contributed by atoms with van der Waals surface area (Å²) in [6.45, 7) is 4.02. The summed E-state index contributed by atoms with van der Waals surface area (Å²) in [5.74, 6) is -2.40. The Balaban J connectivity index is 1.92. The summed E-state index contributed by atoms with van der Waals surface area (Å²) in [5, 5.41) is 14.3. The molecule has 1 fully saturated rings. The summed E-state index contributed by atoms with van der Waals surface area (Å²) < 4.78 is 18.4. The first-order chi connectivity index (χ1) is 12.8. The van der Waals surface area contributed by atoms with Gasteiger partial charge in [-0.15, -0.1) is 0 Å². The minimum absolute atomic E-state index is 0.0227. The number of anilines is 1. The largest absolute Gasteiger partial charge is 0.480 e. The quantitative estimate of drug-likeness (QED) is 0.624. The van der Waals surface area contributed by atoms with Gasteiger partial charge >= 0.3 is 18.0 Å². The van der Waals surface area contributed by atoms with Gasteiger partial charge in [0, 0.05) is 17.8 Å². The van der Waals surface area contributed by atoms with Crippen molar-refractivity contribution in [3.05, 3.63) is 29.1 Å². The number of carbonyl (C=O) groups is 3. The zero-order valence-corrected chi connectivity index (χ0v) is 15.5. The Morgan fingerprint density at radius 1 is 1.33 bits per heavy atom. The molecule has 9 heteroatoms. The van der Waals surface area contributed by atoms with E-state index in [1.807, 2.05) is 11.8 Å². The fraction of sp³-hybridized carbons (Fsp3) is 0.500. The van der Waals surface area contributed by atoms with E-state index < -0.39 is 23.8 Å².